The van der Waals surface area contributed by atoms with E-state index in [0.717, 1.165) is 33.6 Å². The van der Waals surface area contributed by atoms with Crippen molar-refractivity contribution in [3.63, 3.8) is 0 Å². The van der Waals surface area contributed by atoms with Crippen LogP contribution in [0.1, 0.15) is 62.4 Å². The largest absolute Gasteiger partial charge is 0.441 e. The second-order valence-corrected chi connectivity index (χ2v) is 10.1. The van der Waals surface area contributed by atoms with E-state index in [9.17, 15) is 14.5 Å². The molecule has 2 aliphatic rings. The molecule has 0 N–H and O–H groups in total. The first-order valence-electron chi connectivity index (χ1n) is 11.4. The Morgan fingerprint density at radius 1 is 0.771 bits per heavy atom. The summed E-state index contributed by atoms with van der Waals surface area (Å²) in [6.45, 7) is 4.34. The van der Waals surface area contributed by atoms with Crippen molar-refractivity contribution in [3.05, 3.63) is 98.4 Å². The number of fused-ring (bicyclic) bond motifs is 6. The van der Waals surface area contributed by atoms with Gasteiger partial charge < -0.3 is 14.5 Å². The summed E-state index contributed by atoms with van der Waals surface area (Å²) in [5.41, 5.74) is 5.18. The summed E-state index contributed by atoms with van der Waals surface area (Å²) in [4.78, 5) is 40.5. The molecule has 0 bridgehead atoms. The van der Waals surface area contributed by atoms with Gasteiger partial charge in [-0.1, -0.05) is 26.0 Å². The molecule has 1 aliphatic heterocycles. The Kier molecular flexibility index (Phi) is 4.88. The van der Waals surface area contributed by atoms with Gasteiger partial charge >= 0.3 is 11.9 Å². The van der Waals surface area contributed by atoms with E-state index < -0.39 is 22.9 Å². The number of carbonyl (C=O) groups excluding carboxylic acids is 2. The molecule has 0 atom stereocenters. The van der Waals surface area contributed by atoms with Crippen LogP contribution < -0.4 is 9.80 Å². The van der Waals surface area contributed by atoms with Crippen LogP contribution in [0.2, 0.25) is 0 Å². The Bertz CT molecular complexity index is 1360. The van der Waals surface area contributed by atoms with Crippen molar-refractivity contribution in [2.75, 3.05) is 38.0 Å². The molecule has 5 rings (SSSR count). The van der Waals surface area contributed by atoms with Crippen LogP contribution in [-0.2, 0) is 15.8 Å². The van der Waals surface area contributed by atoms with E-state index in [1.54, 1.807) is 12.1 Å². The zero-order chi connectivity index (χ0) is 25.3. The molecule has 0 fully saturated rings. The summed E-state index contributed by atoms with van der Waals surface area (Å²) in [7, 11) is 7.95. The highest BCUT2D eigenvalue weighted by Gasteiger charge is 2.55. The summed E-state index contributed by atoms with van der Waals surface area (Å²) in [6, 6.07) is 16.9. The van der Waals surface area contributed by atoms with Crippen molar-refractivity contribution >= 4 is 23.3 Å². The molecule has 3 aromatic carbocycles. The van der Waals surface area contributed by atoms with Crippen molar-refractivity contribution in [2.45, 2.75) is 24.9 Å². The third-order valence-corrected chi connectivity index (χ3v) is 7.34. The number of hydrogen-bond acceptors (Lipinski definition) is 6. The van der Waals surface area contributed by atoms with Crippen LogP contribution >= 0.6 is 0 Å². The van der Waals surface area contributed by atoms with E-state index in [0.29, 0.717) is 11.1 Å². The van der Waals surface area contributed by atoms with E-state index in [4.69, 9.17) is 4.74 Å². The fourth-order valence-electron chi connectivity index (χ4n) is 5.41. The monoisotopic (exact) mass is 469 g/mol. The highest BCUT2D eigenvalue weighted by atomic mass is 16.6. The smallest absolute Gasteiger partial charge is 0.340 e. The van der Waals surface area contributed by atoms with Crippen LogP contribution in [0, 0.1) is 4.91 Å². The van der Waals surface area contributed by atoms with Crippen molar-refractivity contribution in [1.82, 2.24) is 0 Å². The number of nitroso groups, excluding NO2 is 1. The van der Waals surface area contributed by atoms with Crippen LogP contribution in [0.5, 0.6) is 0 Å². The minimum absolute atomic E-state index is 0.124. The average molecular weight is 470 g/mol. The molecule has 0 aromatic heterocycles. The predicted molar refractivity (Wildman–Crippen MR) is 136 cm³/mol. The lowest BCUT2D eigenvalue weighted by Crippen LogP contribution is -2.41. The Labute approximate surface area is 204 Å². The number of ether oxygens (including phenoxy) is 1. The van der Waals surface area contributed by atoms with Gasteiger partial charge in [-0.3, -0.25) is 4.79 Å². The standard InChI is InChI=1S/C28H27N3O4/c1-27(2)23-14-17(30(3)4)8-11-20(23)28(21-12-9-18(31(5)6)15-24(21)27)22-13-16(25(32)29-34)7-10-19(22)26(33)35-28/h7-15H,1-6H3. The zero-order valence-electron chi connectivity index (χ0n) is 20.7. The van der Waals surface area contributed by atoms with E-state index in [1.165, 1.54) is 6.07 Å². The van der Waals surface area contributed by atoms with Crippen LogP contribution in [0.25, 0.3) is 0 Å². The Morgan fingerprint density at radius 3 is 1.80 bits per heavy atom. The van der Waals surface area contributed by atoms with Gasteiger partial charge in [-0.15, -0.1) is 4.91 Å². The topological polar surface area (TPSA) is 79.3 Å². The second-order valence-electron chi connectivity index (χ2n) is 10.1. The summed E-state index contributed by atoms with van der Waals surface area (Å²) in [5.74, 6) is -1.35. The summed E-state index contributed by atoms with van der Waals surface area (Å²) >= 11 is 0. The van der Waals surface area contributed by atoms with Crippen molar-refractivity contribution in [3.8, 4) is 0 Å². The molecule has 0 radical (unpaired) electrons. The average Bonchev–Trinajstić information content (AvgIpc) is 3.14. The van der Waals surface area contributed by atoms with E-state index >= 15 is 0 Å². The van der Waals surface area contributed by atoms with Crippen molar-refractivity contribution in [2.24, 2.45) is 5.18 Å². The van der Waals surface area contributed by atoms with E-state index in [2.05, 4.69) is 31.2 Å². The van der Waals surface area contributed by atoms with Crippen LogP contribution in [-0.4, -0.2) is 40.1 Å². The summed E-state index contributed by atoms with van der Waals surface area (Å²) in [5, 5.41) is 2.58. The van der Waals surface area contributed by atoms with Gasteiger partial charge in [0.15, 0.2) is 5.60 Å². The second kappa shape index (κ2) is 7.50. The molecule has 0 unspecified atom stereocenters. The number of esters is 1. The Hall–Kier alpha value is -4.00. The quantitative estimate of drug-likeness (QED) is 0.404. The first-order chi connectivity index (χ1) is 16.5. The maximum Gasteiger partial charge on any atom is 0.340 e. The van der Waals surface area contributed by atoms with Gasteiger partial charge in [-0.05, 0) is 53.6 Å². The molecule has 0 saturated carbocycles. The highest BCUT2D eigenvalue weighted by Crippen LogP contribution is 2.57. The van der Waals surface area contributed by atoms with Gasteiger partial charge in [0.2, 0.25) is 0 Å². The fourth-order valence-corrected chi connectivity index (χ4v) is 5.41. The summed E-state index contributed by atoms with van der Waals surface area (Å²) in [6.07, 6.45) is 0. The maximum absolute atomic E-state index is 13.2. The molecule has 1 heterocycles. The number of benzene rings is 3. The Morgan fingerprint density at radius 2 is 1.31 bits per heavy atom. The van der Waals surface area contributed by atoms with Gasteiger partial charge in [0, 0.05) is 72.4 Å². The van der Waals surface area contributed by atoms with Gasteiger partial charge in [0.1, 0.15) is 0 Å². The number of hydrogen-bond donors (Lipinski definition) is 0. The Balaban J connectivity index is 1.92. The van der Waals surface area contributed by atoms with Crippen LogP contribution in [0.15, 0.2) is 59.8 Å². The number of carbonyl (C=O) groups is 2. The predicted octanol–water partition coefficient (Wildman–Crippen LogP) is 4.83. The number of nitrogens with zero attached hydrogens (tertiary/aromatic N) is 3. The third-order valence-electron chi connectivity index (χ3n) is 7.34. The molecule has 7 heteroatoms. The number of rotatable bonds is 3. The minimum Gasteiger partial charge on any atom is -0.441 e. The van der Waals surface area contributed by atoms with E-state index in [1.807, 2.05) is 62.3 Å². The van der Waals surface area contributed by atoms with Gasteiger partial charge in [0.25, 0.3) is 0 Å². The fraction of sp³-hybridized carbons (Fsp3) is 0.286. The molecular formula is C28H27N3O4. The lowest BCUT2D eigenvalue weighted by atomic mass is 9.61. The summed E-state index contributed by atoms with van der Waals surface area (Å²) < 4.78 is 6.29. The first kappa shape index (κ1) is 22.8. The van der Waals surface area contributed by atoms with Crippen molar-refractivity contribution in [1.29, 1.82) is 0 Å². The van der Waals surface area contributed by atoms with Crippen molar-refractivity contribution < 1.29 is 14.3 Å². The van der Waals surface area contributed by atoms with Crippen LogP contribution in [0.4, 0.5) is 11.4 Å². The molecule has 35 heavy (non-hydrogen) atoms. The first-order valence-corrected chi connectivity index (χ1v) is 11.4. The lowest BCUT2D eigenvalue weighted by molar-refractivity contribution is 0.0231. The molecule has 7 nitrogen and oxygen atoms in total. The maximum atomic E-state index is 13.2. The van der Waals surface area contributed by atoms with Crippen LogP contribution in [0.3, 0.4) is 0 Å². The molecular weight excluding hydrogens is 442 g/mol. The van der Waals surface area contributed by atoms with Gasteiger partial charge in [-0.25, -0.2) is 4.79 Å². The van der Waals surface area contributed by atoms with Gasteiger partial charge in [-0.2, -0.15) is 0 Å². The SMILES string of the molecule is CN(C)c1ccc2c(c1)C(C)(C)c1cc(N(C)C)ccc1C21OC(=O)c2ccc(C(=O)N=O)cc21. The molecule has 1 amide bonds. The third kappa shape index (κ3) is 3.04. The van der Waals surface area contributed by atoms with Gasteiger partial charge in [0.05, 0.1) is 5.56 Å². The minimum atomic E-state index is -1.25. The zero-order valence-corrected chi connectivity index (χ0v) is 20.7. The molecule has 178 valence electrons. The lowest BCUT2D eigenvalue weighted by Gasteiger charge is -2.45. The van der Waals surface area contributed by atoms with E-state index in [-0.39, 0.29) is 5.56 Å². The number of amides is 1. The highest BCUT2D eigenvalue weighted by molar-refractivity contribution is 6.01. The number of anilines is 2. The molecule has 1 spiro atoms. The molecule has 3 aromatic rings. The normalized spacial score (nSPS) is 16.1. The molecule has 1 aliphatic carbocycles. The molecule has 0 saturated heterocycles.